The molecule has 138 valence electrons. The van der Waals surface area contributed by atoms with Crippen molar-refractivity contribution in [2.45, 2.75) is 33.7 Å². The fraction of sp³-hybridized carbons (Fsp3) is 0.526. The first-order valence-electron chi connectivity index (χ1n) is 9.07. The standard InChI is InChI=1S/C19H24N4O3/c1-11-5-12(2)9-22(8-11)16(24)10-23-19(25)17-14(7-20-23)18-15(21(17)4)6-13(3)26-18/h6-7,11-12H,5,8-10H2,1-4H3/t11-,12-/m0/s1. The Bertz CT molecular complexity index is 1050. The van der Waals surface area contributed by atoms with Crippen LogP contribution in [0.2, 0.25) is 0 Å². The fourth-order valence-corrected chi connectivity index (χ4v) is 4.24. The van der Waals surface area contributed by atoms with E-state index < -0.39 is 0 Å². The minimum atomic E-state index is -0.263. The lowest BCUT2D eigenvalue weighted by Gasteiger charge is -2.35. The highest BCUT2D eigenvalue weighted by Gasteiger charge is 2.26. The van der Waals surface area contributed by atoms with Crippen molar-refractivity contribution in [3.8, 4) is 0 Å². The molecular formula is C19H24N4O3. The Morgan fingerprint density at radius 1 is 1.31 bits per heavy atom. The van der Waals surface area contributed by atoms with Crippen molar-refractivity contribution < 1.29 is 9.21 Å². The third kappa shape index (κ3) is 2.62. The molecule has 3 aromatic rings. The van der Waals surface area contributed by atoms with Gasteiger partial charge >= 0.3 is 0 Å². The summed E-state index contributed by atoms with van der Waals surface area (Å²) in [6, 6.07) is 1.90. The highest BCUT2D eigenvalue weighted by atomic mass is 16.3. The molecule has 4 rings (SSSR count). The lowest BCUT2D eigenvalue weighted by Crippen LogP contribution is -2.45. The summed E-state index contributed by atoms with van der Waals surface area (Å²) in [6.45, 7) is 7.66. The number of likely N-dealkylation sites (tertiary alicyclic amines) is 1. The number of fused-ring (bicyclic) bond motifs is 3. The predicted molar refractivity (Wildman–Crippen MR) is 99.0 cm³/mol. The van der Waals surface area contributed by atoms with Gasteiger partial charge < -0.3 is 13.9 Å². The minimum Gasteiger partial charge on any atom is -0.459 e. The number of furan rings is 1. The quantitative estimate of drug-likeness (QED) is 0.706. The second kappa shape index (κ2) is 6.00. The van der Waals surface area contributed by atoms with Gasteiger partial charge in [-0.15, -0.1) is 0 Å². The molecule has 0 aromatic carbocycles. The number of hydrogen-bond donors (Lipinski definition) is 0. The van der Waals surface area contributed by atoms with E-state index in [1.807, 2.05) is 29.5 Å². The van der Waals surface area contributed by atoms with Crippen LogP contribution >= 0.6 is 0 Å². The maximum Gasteiger partial charge on any atom is 0.291 e. The molecule has 0 saturated carbocycles. The highest BCUT2D eigenvalue weighted by molar-refractivity contribution is 6.04. The second-order valence-electron chi connectivity index (χ2n) is 7.74. The lowest BCUT2D eigenvalue weighted by atomic mass is 9.92. The van der Waals surface area contributed by atoms with Gasteiger partial charge in [0.1, 0.15) is 17.8 Å². The average Bonchev–Trinajstić information content (AvgIpc) is 3.07. The molecule has 3 aromatic heterocycles. The van der Waals surface area contributed by atoms with Gasteiger partial charge in [0.25, 0.3) is 5.56 Å². The molecule has 7 nitrogen and oxygen atoms in total. The third-order valence-electron chi connectivity index (χ3n) is 5.30. The molecule has 0 spiro atoms. The average molecular weight is 356 g/mol. The molecular weight excluding hydrogens is 332 g/mol. The van der Waals surface area contributed by atoms with Crippen LogP contribution in [0.3, 0.4) is 0 Å². The molecule has 0 bridgehead atoms. The molecule has 0 radical (unpaired) electrons. The molecule has 1 aliphatic heterocycles. The molecule has 1 fully saturated rings. The molecule has 1 saturated heterocycles. The van der Waals surface area contributed by atoms with Crippen LogP contribution in [0, 0.1) is 18.8 Å². The predicted octanol–water partition coefficient (Wildman–Crippen LogP) is 2.29. The number of aryl methyl sites for hydroxylation is 2. The SMILES string of the molecule is Cc1cc2c(o1)c1cnn(CC(=O)N3C[C@@H](C)C[C@H](C)C3)c(=O)c1n2C. The summed E-state index contributed by atoms with van der Waals surface area (Å²) in [5.74, 6) is 1.71. The van der Waals surface area contributed by atoms with Crippen LogP contribution in [-0.2, 0) is 18.4 Å². The molecule has 4 heterocycles. The van der Waals surface area contributed by atoms with E-state index in [1.54, 1.807) is 6.20 Å². The zero-order valence-corrected chi connectivity index (χ0v) is 15.7. The number of carbonyl (C=O) groups is 1. The van der Waals surface area contributed by atoms with Gasteiger partial charge in [-0.3, -0.25) is 9.59 Å². The number of hydrogen-bond acceptors (Lipinski definition) is 4. The summed E-state index contributed by atoms with van der Waals surface area (Å²) in [5, 5.41) is 4.92. The van der Waals surface area contributed by atoms with Crippen LogP contribution in [-0.4, -0.2) is 38.2 Å². The largest absolute Gasteiger partial charge is 0.459 e. The van der Waals surface area contributed by atoms with Crippen molar-refractivity contribution in [2.24, 2.45) is 18.9 Å². The van der Waals surface area contributed by atoms with E-state index in [0.29, 0.717) is 28.3 Å². The van der Waals surface area contributed by atoms with Gasteiger partial charge in [0.05, 0.1) is 17.1 Å². The number of nitrogens with zero attached hydrogens (tertiary/aromatic N) is 4. The molecule has 26 heavy (non-hydrogen) atoms. The number of aromatic nitrogens is 3. The van der Waals surface area contributed by atoms with E-state index >= 15 is 0 Å². The van der Waals surface area contributed by atoms with Crippen LogP contribution in [0.15, 0.2) is 21.5 Å². The van der Waals surface area contributed by atoms with E-state index in [0.717, 1.165) is 30.8 Å². The molecule has 1 amide bonds. The number of amides is 1. The van der Waals surface area contributed by atoms with E-state index in [-0.39, 0.29) is 18.0 Å². The number of carbonyl (C=O) groups excluding carboxylic acids is 1. The molecule has 2 atom stereocenters. The monoisotopic (exact) mass is 356 g/mol. The van der Waals surface area contributed by atoms with Crippen LogP contribution in [0.25, 0.3) is 22.0 Å². The molecule has 1 aliphatic rings. The zero-order chi connectivity index (χ0) is 18.6. The summed E-state index contributed by atoms with van der Waals surface area (Å²) < 4.78 is 8.79. The third-order valence-corrected chi connectivity index (χ3v) is 5.30. The Labute approximate surface area is 151 Å². The lowest BCUT2D eigenvalue weighted by molar-refractivity contribution is -0.134. The van der Waals surface area contributed by atoms with Gasteiger partial charge in [0, 0.05) is 26.2 Å². The van der Waals surface area contributed by atoms with Crippen molar-refractivity contribution in [3.05, 3.63) is 28.4 Å². The first-order valence-corrected chi connectivity index (χ1v) is 9.07. The van der Waals surface area contributed by atoms with E-state index in [9.17, 15) is 9.59 Å². The maximum absolute atomic E-state index is 12.9. The Hall–Kier alpha value is -2.57. The number of rotatable bonds is 2. The van der Waals surface area contributed by atoms with Gasteiger partial charge in [0.2, 0.25) is 5.91 Å². The Morgan fingerprint density at radius 3 is 2.69 bits per heavy atom. The van der Waals surface area contributed by atoms with E-state index in [2.05, 4.69) is 18.9 Å². The van der Waals surface area contributed by atoms with Gasteiger partial charge in [0.15, 0.2) is 5.58 Å². The maximum atomic E-state index is 12.9. The van der Waals surface area contributed by atoms with Crippen LogP contribution in [0.4, 0.5) is 0 Å². The summed E-state index contributed by atoms with van der Waals surface area (Å²) in [4.78, 5) is 27.5. The van der Waals surface area contributed by atoms with Gasteiger partial charge in [-0.2, -0.15) is 5.10 Å². The van der Waals surface area contributed by atoms with Crippen molar-refractivity contribution >= 4 is 27.9 Å². The van der Waals surface area contributed by atoms with Crippen molar-refractivity contribution in [3.63, 3.8) is 0 Å². The fourth-order valence-electron chi connectivity index (χ4n) is 4.24. The Kier molecular flexibility index (Phi) is 3.89. The van der Waals surface area contributed by atoms with Crippen LogP contribution < -0.4 is 5.56 Å². The van der Waals surface area contributed by atoms with Crippen LogP contribution in [0.5, 0.6) is 0 Å². The summed E-state index contributed by atoms with van der Waals surface area (Å²) in [7, 11) is 1.83. The van der Waals surface area contributed by atoms with Crippen molar-refractivity contribution in [1.82, 2.24) is 19.2 Å². The van der Waals surface area contributed by atoms with Gasteiger partial charge in [-0.05, 0) is 25.2 Å². The topological polar surface area (TPSA) is 73.3 Å². The van der Waals surface area contributed by atoms with E-state index in [4.69, 9.17) is 4.42 Å². The first-order chi connectivity index (χ1) is 12.3. The molecule has 0 aliphatic carbocycles. The van der Waals surface area contributed by atoms with Crippen molar-refractivity contribution in [2.75, 3.05) is 13.1 Å². The molecule has 7 heteroatoms. The summed E-state index contributed by atoms with van der Waals surface area (Å²) >= 11 is 0. The van der Waals surface area contributed by atoms with E-state index in [1.165, 1.54) is 4.68 Å². The Morgan fingerprint density at radius 2 is 2.00 bits per heavy atom. The minimum absolute atomic E-state index is 0.0280. The zero-order valence-electron chi connectivity index (χ0n) is 15.7. The highest BCUT2D eigenvalue weighted by Crippen LogP contribution is 2.28. The first kappa shape index (κ1) is 16.9. The van der Waals surface area contributed by atoms with Gasteiger partial charge in [-0.25, -0.2) is 4.68 Å². The normalized spacial score (nSPS) is 21.0. The molecule has 0 N–H and O–H groups in total. The molecule has 0 unspecified atom stereocenters. The second-order valence-corrected chi connectivity index (χ2v) is 7.74. The summed E-state index contributed by atoms with van der Waals surface area (Å²) in [5.41, 5.74) is 1.78. The van der Waals surface area contributed by atoms with Crippen molar-refractivity contribution in [1.29, 1.82) is 0 Å². The van der Waals surface area contributed by atoms with Crippen LogP contribution in [0.1, 0.15) is 26.0 Å². The van der Waals surface area contributed by atoms with Gasteiger partial charge in [-0.1, -0.05) is 13.8 Å². The summed E-state index contributed by atoms with van der Waals surface area (Å²) in [6.07, 6.45) is 2.76. The number of piperidine rings is 1. The smallest absolute Gasteiger partial charge is 0.291 e. The Balaban J connectivity index is 1.69.